The van der Waals surface area contributed by atoms with Gasteiger partial charge in [0, 0.05) is 12.1 Å². The molecule has 0 amide bonds. The van der Waals surface area contributed by atoms with E-state index in [4.69, 9.17) is 5.26 Å². The summed E-state index contributed by atoms with van der Waals surface area (Å²) in [5, 5.41) is 12.4. The number of rotatable bonds is 4. The molecule has 1 rings (SSSR count). The molecule has 0 saturated heterocycles. The Morgan fingerprint density at radius 1 is 1.50 bits per heavy atom. The van der Waals surface area contributed by atoms with Crippen LogP contribution in [-0.4, -0.2) is 12.1 Å². The maximum absolute atomic E-state index is 8.76. The van der Waals surface area contributed by atoms with Crippen LogP contribution in [0, 0.1) is 22.7 Å². The number of nitriles is 1. The van der Waals surface area contributed by atoms with Crippen LogP contribution in [0.5, 0.6) is 0 Å². The molecule has 0 radical (unpaired) electrons. The van der Waals surface area contributed by atoms with Gasteiger partial charge in [-0.3, -0.25) is 0 Å². The highest BCUT2D eigenvalue weighted by molar-refractivity contribution is 4.90. The molecule has 3 atom stereocenters. The normalized spacial score (nSPS) is 30.7. The fourth-order valence-electron chi connectivity index (χ4n) is 2.93. The van der Waals surface area contributed by atoms with Crippen molar-refractivity contribution in [3.63, 3.8) is 0 Å². The molecule has 0 spiro atoms. The van der Waals surface area contributed by atoms with Crippen LogP contribution >= 0.6 is 0 Å². The summed E-state index contributed by atoms with van der Waals surface area (Å²) < 4.78 is 0. The van der Waals surface area contributed by atoms with Crippen LogP contribution in [0.3, 0.4) is 0 Å². The molecule has 2 heteroatoms. The summed E-state index contributed by atoms with van der Waals surface area (Å²) in [7, 11) is 0. The summed E-state index contributed by atoms with van der Waals surface area (Å²) >= 11 is 0. The minimum Gasteiger partial charge on any atom is -0.310 e. The molecule has 1 aliphatic rings. The molecular weight excluding hydrogens is 196 g/mol. The van der Waals surface area contributed by atoms with Crippen LogP contribution in [0.1, 0.15) is 59.8 Å². The summed E-state index contributed by atoms with van der Waals surface area (Å²) in [6.45, 7) is 9.24. The minimum absolute atomic E-state index is 0.388. The van der Waals surface area contributed by atoms with Gasteiger partial charge in [-0.2, -0.15) is 5.26 Å². The van der Waals surface area contributed by atoms with Crippen LogP contribution in [0.15, 0.2) is 0 Å². The van der Waals surface area contributed by atoms with Crippen molar-refractivity contribution in [2.75, 3.05) is 0 Å². The predicted octanol–water partition coefficient (Wildman–Crippen LogP) is 3.48. The van der Waals surface area contributed by atoms with E-state index < -0.39 is 0 Å². The van der Waals surface area contributed by atoms with Gasteiger partial charge in [0.2, 0.25) is 0 Å². The average Bonchev–Trinajstić information content (AvgIpc) is 2.20. The molecule has 0 aromatic heterocycles. The lowest BCUT2D eigenvalue weighted by molar-refractivity contribution is 0.141. The van der Waals surface area contributed by atoms with Crippen LogP contribution in [0.4, 0.5) is 0 Å². The van der Waals surface area contributed by atoms with Crippen molar-refractivity contribution in [3.8, 4) is 6.07 Å². The van der Waals surface area contributed by atoms with E-state index in [1.54, 1.807) is 0 Å². The third kappa shape index (κ3) is 3.79. The molecule has 16 heavy (non-hydrogen) atoms. The van der Waals surface area contributed by atoms with E-state index >= 15 is 0 Å². The Labute approximate surface area is 100 Å². The molecule has 2 nitrogen and oxygen atoms in total. The lowest BCUT2D eigenvalue weighted by Crippen LogP contribution is -2.46. The quantitative estimate of drug-likeness (QED) is 0.790. The van der Waals surface area contributed by atoms with Crippen LogP contribution in [0.25, 0.3) is 0 Å². The SMILES string of the molecule is CCC(CC#N)NC1CCC(C)(C)CC1C. The van der Waals surface area contributed by atoms with Gasteiger partial charge in [0.1, 0.15) is 0 Å². The van der Waals surface area contributed by atoms with E-state index in [0.29, 0.717) is 23.9 Å². The molecule has 1 fully saturated rings. The van der Waals surface area contributed by atoms with Gasteiger partial charge in [-0.1, -0.05) is 27.7 Å². The van der Waals surface area contributed by atoms with Gasteiger partial charge in [0.25, 0.3) is 0 Å². The summed E-state index contributed by atoms with van der Waals surface area (Å²) in [5.74, 6) is 0.733. The average molecular weight is 222 g/mol. The van der Waals surface area contributed by atoms with Crippen molar-refractivity contribution in [2.45, 2.75) is 71.9 Å². The minimum atomic E-state index is 0.388. The van der Waals surface area contributed by atoms with E-state index in [0.717, 1.165) is 12.3 Å². The van der Waals surface area contributed by atoms with Crippen LogP contribution in [0.2, 0.25) is 0 Å². The van der Waals surface area contributed by atoms with Gasteiger partial charge in [-0.05, 0) is 37.0 Å². The van der Waals surface area contributed by atoms with Crippen molar-refractivity contribution >= 4 is 0 Å². The highest BCUT2D eigenvalue weighted by Gasteiger charge is 2.32. The Hall–Kier alpha value is -0.550. The van der Waals surface area contributed by atoms with Crippen molar-refractivity contribution < 1.29 is 0 Å². The lowest BCUT2D eigenvalue weighted by Gasteiger charge is -2.41. The van der Waals surface area contributed by atoms with Gasteiger partial charge < -0.3 is 5.32 Å². The molecule has 1 N–H and O–H groups in total. The topological polar surface area (TPSA) is 35.8 Å². The van der Waals surface area contributed by atoms with Gasteiger partial charge in [-0.25, -0.2) is 0 Å². The van der Waals surface area contributed by atoms with Gasteiger partial charge in [0.15, 0.2) is 0 Å². The monoisotopic (exact) mass is 222 g/mol. The highest BCUT2D eigenvalue weighted by atomic mass is 15.0. The smallest absolute Gasteiger partial charge is 0.0638 e. The van der Waals surface area contributed by atoms with E-state index in [1.165, 1.54) is 19.3 Å². The zero-order valence-electron chi connectivity index (χ0n) is 11.2. The Morgan fingerprint density at radius 3 is 2.69 bits per heavy atom. The molecular formula is C14H26N2. The fourth-order valence-corrected chi connectivity index (χ4v) is 2.93. The molecule has 1 aliphatic carbocycles. The van der Waals surface area contributed by atoms with Crippen molar-refractivity contribution in [2.24, 2.45) is 11.3 Å². The molecule has 0 aliphatic heterocycles. The lowest BCUT2D eigenvalue weighted by atomic mass is 9.70. The zero-order chi connectivity index (χ0) is 12.2. The molecule has 3 unspecified atom stereocenters. The predicted molar refractivity (Wildman–Crippen MR) is 68.0 cm³/mol. The van der Waals surface area contributed by atoms with Crippen molar-refractivity contribution in [3.05, 3.63) is 0 Å². The van der Waals surface area contributed by atoms with E-state index in [9.17, 15) is 0 Å². The molecule has 0 aromatic rings. The molecule has 92 valence electrons. The number of nitrogens with zero attached hydrogens (tertiary/aromatic N) is 1. The first-order chi connectivity index (χ1) is 7.48. The second kappa shape index (κ2) is 5.68. The number of hydrogen-bond acceptors (Lipinski definition) is 2. The van der Waals surface area contributed by atoms with Crippen LogP contribution < -0.4 is 5.32 Å². The highest BCUT2D eigenvalue weighted by Crippen LogP contribution is 2.38. The van der Waals surface area contributed by atoms with Gasteiger partial charge in [-0.15, -0.1) is 0 Å². The first-order valence-corrected chi connectivity index (χ1v) is 6.61. The fraction of sp³-hybridized carbons (Fsp3) is 0.929. The standard InChI is InChI=1S/C14H26N2/c1-5-12(7-9-15)16-13-6-8-14(3,4)10-11(13)2/h11-13,16H,5-8,10H2,1-4H3. The van der Waals surface area contributed by atoms with Gasteiger partial charge in [0.05, 0.1) is 12.5 Å². The van der Waals surface area contributed by atoms with Crippen molar-refractivity contribution in [1.29, 1.82) is 5.26 Å². The first-order valence-electron chi connectivity index (χ1n) is 6.61. The first kappa shape index (κ1) is 13.5. The van der Waals surface area contributed by atoms with E-state index in [1.807, 2.05) is 0 Å². The summed E-state index contributed by atoms with van der Waals surface area (Å²) in [6.07, 6.45) is 5.56. The third-order valence-corrected chi connectivity index (χ3v) is 3.97. The molecule has 1 saturated carbocycles. The summed E-state index contributed by atoms with van der Waals surface area (Å²) in [5.41, 5.74) is 0.508. The Bertz CT molecular complexity index is 252. The van der Waals surface area contributed by atoms with Crippen LogP contribution in [-0.2, 0) is 0 Å². The summed E-state index contributed by atoms with van der Waals surface area (Å²) in [6, 6.07) is 3.28. The third-order valence-electron chi connectivity index (χ3n) is 3.97. The Morgan fingerprint density at radius 2 is 2.19 bits per heavy atom. The van der Waals surface area contributed by atoms with Crippen molar-refractivity contribution in [1.82, 2.24) is 5.32 Å². The zero-order valence-corrected chi connectivity index (χ0v) is 11.2. The maximum Gasteiger partial charge on any atom is 0.0638 e. The van der Waals surface area contributed by atoms with Gasteiger partial charge >= 0.3 is 0 Å². The Kier molecular flexibility index (Phi) is 4.80. The molecule has 0 heterocycles. The molecule has 0 aromatic carbocycles. The number of hydrogen-bond donors (Lipinski definition) is 1. The largest absolute Gasteiger partial charge is 0.310 e. The second-order valence-electron chi connectivity index (χ2n) is 6.12. The Balaban J connectivity index is 2.47. The van der Waals surface area contributed by atoms with E-state index in [2.05, 4.69) is 39.1 Å². The molecule has 0 bridgehead atoms. The van der Waals surface area contributed by atoms with E-state index in [-0.39, 0.29) is 0 Å². The second-order valence-corrected chi connectivity index (χ2v) is 6.12. The number of nitrogens with one attached hydrogen (secondary N) is 1. The maximum atomic E-state index is 8.76. The summed E-state index contributed by atoms with van der Waals surface area (Å²) in [4.78, 5) is 0.